The summed E-state index contributed by atoms with van der Waals surface area (Å²) in [4.78, 5) is 0. The van der Waals surface area contributed by atoms with Crippen molar-refractivity contribution in [3.8, 4) is 0 Å². The van der Waals surface area contributed by atoms with E-state index in [0.29, 0.717) is 13.1 Å². The van der Waals surface area contributed by atoms with Crippen LogP contribution in [0.25, 0.3) is 10.9 Å². The summed E-state index contributed by atoms with van der Waals surface area (Å²) >= 11 is 6.43. The van der Waals surface area contributed by atoms with Crippen molar-refractivity contribution < 1.29 is 0 Å². The molecule has 0 fully saturated rings. The molecule has 2 heterocycles. The molecule has 3 rings (SSSR count). The molecule has 2 N–H and O–H groups in total. The topological polar surface area (TPSA) is 48.8 Å². The molecular formula is C16H19ClN4. The summed E-state index contributed by atoms with van der Waals surface area (Å²) in [6, 6.07) is 8.43. The lowest BCUT2D eigenvalue weighted by atomic mass is 10.1. The van der Waals surface area contributed by atoms with Gasteiger partial charge in [0.25, 0.3) is 0 Å². The van der Waals surface area contributed by atoms with Gasteiger partial charge >= 0.3 is 0 Å². The minimum absolute atomic E-state index is 0.564. The number of nitrogens with two attached hydrogens (primary N) is 1. The van der Waals surface area contributed by atoms with E-state index in [2.05, 4.69) is 47.1 Å². The van der Waals surface area contributed by atoms with E-state index in [9.17, 15) is 0 Å². The van der Waals surface area contributed by atoms with Gasteiger partial charge in [0, 0.05) is 25.3 Å². The Labute approximate surface area is 129 Å². The van der Waals surface area contributed by atoms with Crippen LogP contribution in [0.15, 0.2) is 30.5 Å². The van der Waals surface area contributed by atoms with Crippen LogP contribution in [-0.4, -0.2) is 14.3 Å². The summed E-state index contributed by atoms with van der Waals surface area (Å²) in [5.41, 5.74) is 10.0. The fraction of sp³-hybridized carbons (Fsp3) is 0.312. The Bertz CT molecular complexity index is 785. The highest BCUT2D eigenvalue weighted by Gasteiger charge is 2.14. The quantitative estimate of drug-likeness (QED) is 0.805. The minimum atomic E-state index is 0.564. The van der Waals surface area contributed by atoms with Gasteiger partial charge in [-0.1, -0.05) is 24.6 Å². The number of benzene rings is 1. The second kappa shape index (κ2) is 5.54. The van der Waals surface area contributed by atoms with Crippen LogP contribution in [0.1, 0.15) is 23.9 Å². The first-order valence-corrected chi connectivity index (χ1v) is 7.50. The van der Waals surface area contributed by atoms with E-state index in [1.165, 1.54) is 10.9 Å². The lowest BCUT2D eigenvalue weighted by Gasteiger charge is -2.07. The normalized spacial score (nSPS) is 11.4. The van der Waals surface area contributed by atoms with Crippen molar-refractivity contribution in [3.05, 3.63) is 52.4 Å². The van der Waals surface area contributed by atoms with Crippen LogP contribution in [-0.2, 0) is 26.6 Å². The molecule has 0 aliphatic rings. The molecule has 0 saturated heterocycles. The first-order valence-electron chi connectivity index (χ1n) is 7.12. The second-order valence-electron chi connectivity index (χ2n) is 5.23. The third kappa shape index (κ3) is 2.45. The molecule has 0 spiro atoms. The molecule has 0 aliphatic heterocycles. The van der Waals surface area contributed by atoms with Crippen LogP contribution in [0, 0.1) is 0 Å². The van der Waals surface area contributed by atoms with E-state index in [4.69, 9.17) is 17.3 Å². The third-order valence-corrected chi connectivity index (χ3v) is 4.33. The number of hydrogen-bond acceptors (Lipinski definition) is 2. The Kier molecular flexibility index (Phi) is 3.74. The zero-order valence-corrected chi connectivity index (χ0v) is 13.1. The third-order valence-electron chi connectivity index (χ3n) is 3.89. The largest absolute Gasteiger partial charge is 0.341 e. The highest BCUT2D eigenvalue weighted by molar-refractivity contribution is 6.31. The van der Waals surface area contributed by atoms with Crippen LogP contribution in [0.3, 0.4) is 0 Å². The highest BCUT2D eigenvalue weighted by Crippen LogP contribution is 2.24. The van der Waals surface area contributed by atoms with E-state index in [0.717, 1.165) is 28.4 Å². The molecule has 110 valence electrons. The maximum atomic E-state index is 6.43. The lowest BCUT2D eigenvalue weighted by Crippen LogP contribution is -2.05. The summed E-state index contributed by atoms with van der Waals surface area (Å²) in [5.74, 6) is 0. The molecule has 0 aliphatic carbocycles. The van der Waals surface area contributed by atoms with Gasteiger partial charge in [-0.3, -0.25) is 4.68 Å². The van der Waals surface area contributed by atoms with E-state index in [1.807, 2.05) is 11.7 Å². The van der Waals surface area contributed by atoms with E-state index in [1.54, 1.807) is 0 Å². The van der Waals surface area contributed by atoms with E-state index in [-0.39, 0.29) is 0 Å². The molecule has 21 heavy (non-hydrogen) atoms. The van der Waals surface area contributed by atoms with Crippen molar-refractivity contribution in [2.45, 2.75) is 26.4 Å². The van der Waals surface area contributed by atoms with Gasteiger partial charge in [-0.25, -0.2) is 0 Å². The standard InChI is InChI=1S/C16H19ClN4/c1-3-13-16(17)15(20(2)19-13)10-21-7-6-12-8-11(9-18)4-5-14(12)21/h4-8H,3,9-10,18H2,1-2H3. The highest BCUT2D eigenvalue weighted by atomic mass is 35.5. The Balaban J connectivity index is 2.01. The molecule has 0 radical (unpaired) electrons. The molecular weight excluding hydrogens is 284 g/mol. The molecule has 0 atom stereocenters. The average Bonchev–Trinajstić information content (AvgIpc) is 3.02. The van der Waals surface area contributed by atoms with E-state index < -0.39 is 0 Å². The Morgan fingerprint density at radius 2 is 2.10 bits per heavy atom. The molecule has 5 heteroatoms. The number of hydrogen-bond donors (Lipinski definition) is 1. The van der Waals surface area contributed by atoms with Crippen molar-refractivity contribution in [2.24, 2.45) is 12.8 Å². The Hall–Kier alpha value is -1.78. The van der Waals surface area contributed by atoms with Crippen molar-refractivity contribution in [2.75, 3.05) is 0 Å². The van der Waals surface area contributed by atoms with Crippen LogP contribution < -0.4 is 5.73 Å². The van der Waals surface area contributed by atoms with Gasteiger partial charge in [-0.15, -0.1) is 0 Å². The molecule has 4 nitrogen and oxygen atoms in total. The number of aryl methyl sites for hydroxylation is 2. The molecule has 0 unspecified atom stereocenters. The number of rotatable bonds is 4. The van der Waals surface area contributed by atoms with Crippen LogP contribution in [0.4, 0.5) is 0 Å². The summed E-state index contributed by atoms with van der Waals surface area (Å²) in [5, 5.41) is 6.45. The zero-order chi connectivity index (χ0) is 15.0. The maximum absolute atomic E-state index is 6.43. The number of halogens is 1. The predicted octanol–water partition coefficient (Wildman–Crippen LogP) is 3.10. The molecule has 3 aromatic rings. The molecule has 1 aromatic carbocycles. The van der Waals surface area contributed by atoms with Gasteiger partial charge in [0.1, 0.15) is 0 Å². The lowest BCUT2D eigenvalue weighted by molar-refractivity contribution is 0.670. The van der Waals surface area contributed by atoms with Gasteiger partial charge in [-0.2, -0.15) is 5.10 Å². The molecule has 0 saturated carbocycles. The Morgan fingerprint density at radius 1 is 1.29 bits per heavy atom. The van der Waals surface area contributed by atoms with Crippen molar-refractivity contribution in [3.63, 3.8) is 0 Å². The van der Waals surface area contributed by atoms with Gasteiger partial charge in [0.2, 0.25) is 0 Å². The van der Waals surface area contributed by atoms with Crippen molar-refractivity contribution in [1.29, 1.82) is 0 Å². The summed E-state index contributed by atoms with van der Waals surface area (Å²) in [7, 11) is 1.94. The fourth-order valence-electron chi connectivity index (χ4n) is 2.67. The van der Waals surface area contributed by atoms with Crippen molar-refractivity contribution >= 4 is 22.5 Å². The second-order valence-corrected chi connectivity index (χ2v) is 5.60. The first-order chi connectivity index (χ1) is 10.1. The predicted molar refractivity (Wildman–Crippen MR) is 86.5 cm³/mol. The summed E-state index contributed by atoms with van der Waals surface area (Å²) in [6.45, 7) is 3.35. The van der Waals surface area contributed by atoms with Crippen LogP contribution in [0.5, 0.6) is 0 Å². The number of nitrogens with zero attached hydrogens (tertiary/aromatic N) is 3. The van der Waals surface area contributed by atoms with Gasteiger partial charge in [-0.05, 0) is 35.6 Å². The zero-order valence-electron chi connectivity index (χ0n) is 12.3. The Morgan fingerprint density at radius 3 is 2.76 bits per heavy atom. The van der Waals surface area contributed by atoms with Crippen molar-refractivity contribution in [1.82, 2.24) is 14.3 Å². The summed E-state index contributed by atoms with van der Waals surface area (Å²) in [6.07, 6.45) is 2.93. The SMILES string of the molecule is CCc1nn(C)c(Cn2ccc3cc(CN)ccc32)c1Cl. The number of fused-ring (bicyclic) bond motifs is 1. The monoisotopic (exact) mass is 302 g/mol. The molecule has 2 aromatic heterocycles. The minimum Gasteiger partial charge on any atom is -0.341 e. The van der Waals surface area contributed by atoms with Crippen LogP contribution >= 0.6 is 11.6 Å². The molecule has 0 amide bonds. The fourth-order valence-corrected chi connectivity index (χ4v) is 3.02. The van der Waals surface area contributed by atoms with Gasteiger partial charge in [0.05, 0.1) is 23.0 Å². The maximum Gasteiger partial charge on any atom is 0.0868 e. The van der Waals surface area contributed by atoms with Gasteiger partial charge in [0.15, 0.2) is 0 Å². The first kappa shape index (κ1) is 14.2. The molecule has 0 bridgehead atoms. The van der Waals surface area contributed by atoms with Gasteiger partial charge < -0.3 is 10.3 Å². The van der Waals surface area contributed by atoms with E-state index >= 15 is 0 Å². The number of aromatic nitrogens is 3. The smallest absolute Gasteiger partial charge is 0.0868 e. The summed E-state index contributed by atoms with van der Waals surface area (Å²) < 4.78 is 4.07. The average molecular weight is 303 g/mol. The van der Waals surface area contributed by atoms with Crippen LogP contribution in [0.2, 0.25) is 5.02 Å².